The highest BCUT2D eigenvalue weighted by molar-refractivity contribution is 6.26. The Hall–Kier alpha value is -1.84. The van der Waals surface area contributed by atoms with Crippen LogP contribution in [0.15, 0.2) is 29.4 Å². The van der Waals surface area contributed by atoms with E-state index in [1.807, 2.05) is 0 Å². The van der Waals surface area contributed by atoms with Crippen molar-refractivity contribution in [2.24, 2.45) is 5.10 Å². The highest BCUT2D eigenvalue weighted by atomic mass is 16.3. The van der Waals surface area contributed by atoms with Crippen molar-refractivity contribution in [2.75, 3.05) is 5.43 Å². The predicted molar refractivity (Wildman–Crippen MR) is 50.9 cm³/mol. The number of rotatable bonds is 3. The highest BCUT2D eigenvalue weighted by Crippen LogP contribution is 2.20. The summed E-state index contributed by atoms with van der Waals surface area (Å²) in [4.78, 5) is 10.5. The molecule has 0 saturated heterocycles. The lowest BCUT2D eigenvalue weighted by Crippen LogP contribution is -1.95. The van der Waals surface area contributed by atoms with Gasteiger partial charge in [-0.1, -0.05) is 12.1 Å². The predicted octanol–water partition coefficient (Wildman–Crippen LogP) is 1.38. The SMILES string of the molecule is CC(=O)/C=N/Nc1ccccc1O. The normalized spacial score (nSPS) is 10.2. The van der Waals surface area contributed by atoms with Gasteiger partial charge in [0.1, 0.15) is 5.75 Å². The molecule has 0 aliphatic carbocycles. The fourth-order valence-corrected chi connectivity index (χ4v) is 0.761. The van der Waals surface area contributed by atoms with Crippen LogP contribution in [0.1, 0.15) is 6.92 Å². The van der Waals surface area contributed by atoms with E-state index in [1.54, 1.807) is 18.2 Å². The average molecular weight is 178 g/mol. The molecule has 0 saturated carbocycles. The molecule has 1 aromatic carbocycles. The van der Waals surface area contributed by atoms with Crippen LogP contribution in [0.2, 0.25) is 0 Å². The number of phenols is 1. The molecule has 0 bridgehead atoms. The maximum absolute atomic E-state index is 10.5. The van der Waals surface area contributed by atoms with Crippen LogP contribution >= 0.6 is 0 Å². The van der Waals surface area contributed by atoms with Gasteiger partial charge in [-0.15, -0.1) is 0 Å². The molecule has 1 rings (SSSR count). The lowest BCUT2D eigenvalue weighted by atomic mass is 10.3. The molecular formula is C9H10N2O2. The number of carbonyl (C=O) groups is 1. The van der Waals surface area contributed by atoms with Crippen LogP contribution in [-0.2, 0) is 4.79 Å². The van der Waals surface area contributed by atoms with Gasteiger partial charge in [0.25, 0.3) is 0 Å². The topological polar surface area (TPSA) is 61.7 Å². The number of nitrogens with zero attached hydrogens (tertiary/aromatic N) is 1. The van der Waals surface area contributed by atoms with E-state index >= 15 is 0 Å². The van der Waals surface area contributed by atoms with Crippen molar-refractivity contribution < 1.29 is 9.90 Å². The molecule has 13 heavy (non-hydrogen) atoms. The number of ketones is 1. The molecule has 0 spiro atoms. The number of Topliss-reactive ketones (excluding diaryl/α,β-unsaturated/α-hetero) is 1. The van der Waals surface area contributed by atoms with Crippen molar-refractivity contribution in [3.05, 3.63) is 24.3 Å². The van der Waals surface area contributed by atoms with Crippen LogP contribution in [0, 0.1) is 0 Å². The largest absolute Gasteiger partial charge is 0.506 e. The number of nitrogens with one attached hydrogen (secondary N) is 1. The van der Waals surface area contributed by atoms with E-state index in [0.717, 1.165) is 6.21 Å². The summed E-state index contributed by atoms with van der Waals surface area (Å²) in [5.74, 6) is -0.0499. The Kier molecular flexibility index (Phi) is 3.03. The van der Waals surface area contributed by atoms with Gasteiger partial charge in [-0.2, -0.15) is 5.10 Å². The van der Waals surface area contributed by atoms with E-state index in [4.69, 9.17) is 0 Å². The minimum absolute atomic E-state index is 0.100. The molecule has 1 aromatic rings. The molecule has 0 heterocycles. The van der Waals surface area contributed by atoms with E-state index in [-0.39, 0.29) is 11.5 Å². The third-order valence-corrected chi connectivity index (χ3v) is 1.34. The van der Waals surface area contributed by atoms with Crippen LogP contribution in [0.5, 0.6) is 5.75 Å². The maximum Gasteiger partial charge on any atom is 0.172 e. The summed E-state index contributed by atoms with van der Waals surface area (Å²) in [5, 5.41) is 12.9. The first-order valence-corrected chi connectivity index (χ1v) is 3.78. The number of para-hydroxylation sites is 2. The van der Waals surface area contributed by atoms with Crippen molar-refractivity contribution in [1.82, 2.24) is 0 Å². The Morgan fingerprint density at radius 1 is 1.54 bits per heavy atom. The van der Waals surface area contributed by atoms with E-state index in [9.17, 15) is 9.90 Å². The Balaban J connectivity index is 2.64. The van der Waals surface area contributed by atoms with Crippen LogP contribution in [-0.4, -0.2) is 17.1 Å². The number of benzene rings is 1. The number of hydrogen-bond donors (Lipinski definition) is 2. The van der Waals surface area contributed by atoms with Crippen LogP contribution in [0.25, 0.3) is 0 Å². The average Bonchev–Trinajstić information content (AvgIpc) is 2.08. The molecule has 0 aliphatic heterocycles. The van der Waals surface area contributed by atoms with Gasteiger partial charge in [-0.25, -0.2) is 0 Å². The molecule has 0 radical (unpaired) electrons. The molecular weight excluding hydrogens is 168 g/mol. The second-order valence-corrected chi connectivity index (χ2v) is 2.50. The molecule has 4 nitrogen and oxygen atoms in total. The number of carbonyl (C=O) groups excluding carboxylic acids is 1. The zero-order valence-electron chi connectivity index (χ0n) is 7.19. The molecule has 0 aromatic heterocycles. The van der Waals surface area contributed by atoms with Gasteiger partial charge in [-0.3, -0.25) is 10.2 Å². The first kappa shape index (κ1) is 9.25. The quantitative estimate of drug-likeness (QED) is 0.417. The van der Waals surface area contributed by atoms with Crippen molar-refractivity contribution in [3.8, 4) is 5.75 Å². The molecule has 0 atom stereocenters. The molecule has 2 N–H and O–H groups in total. The summed E-state index contributed by atoms with van der Waals surface area (Å²) >= 11 is 0. The first-order chi connectivity index (χ1) is 6.20. The summed E-state index contributed by atoms with van der Waals surface area (Å²) < 4.78 is 0. The first-order valence-electron chi connectivity index (χ1n) is 3.78. The summed E-state index contributed by atoms with van der Waals surface area (Å²) in [6.45, 7) is 1.40. The number of aromatic hydroxyl groups is 1. The lowest BCUT2D eigenvalue weighted by molar-refractivity contribution is -0.110. The van der Waals surface area contributed by atoms with Crippen molar-refractivity contribution in [2.45, 2.75) is 6.92 Å². The van der Waals surface area contributed by atoms with E-state index in [1.165, 1.54) is 13.0 Å². The maximum atomic E-state index is 10.5. The summed E-state index contributed by atoms with van der Waals surface area (Å²) in [6, 6.07) is 6.65. The van der Waals surface area contributed by atoms with Gasteiger partial charge in [0.15, 0.2) is 5.78 Å². The second kappa shape index (κ2) is 4.25. The Morgan fingerprint density at radius 3 is 2.85 bits per heavy atom. The molecule has 0 unspecified atom stereocenters. The van der Waals surface area contributed by atoms with Gasteiger partial charge in [0.2, 0.25) is 0 Å². The molecule has 4 heteroatoms. The molecule has 0 fully saturated rings. The summed E-state index contributed by atoms with van der Waals surface area (Å²) in [5.41, 5.74) is 3.02. The smallest absolute Gasteiger partial charge is 0.172 e. The highest BCUT2D eigenvalue weighted by Gasteiger charge is 1.95. The van der Waals surface area contributed by atoms with Gasteiger partial charge >= 0.3 is 0 Å². The van der Waals surface area contributed by atoms with Gasteiger partial charge < -0.3 is 5.11 Å². The zero-order valence-corrected chi connectivity index (χ0v) is 7.19. The summed E-state index contributed by atoms with van der Waals surface area (Å²) in [7, 11) is 0. The third-order valence-electron chi connectivity index (χ3n) is 1.34. The number of anilines is 1. The third kappa shape index (κ3) is 2.94. The van der Waals surface area contributed by atoms with E-state index < -0.39 is 0 Å². The lowest BCUT2D eigenvalue weighted by Gasteiger charge is -2.00. The van der Waals surface area contributed by atoms with E-state index in [2.05, 4.69) is 10.5 Å². The minimum Gasteiger partial charge on any atom is -0.506 e. The van der Waals surface area contributed by atoms with Gasteiger partial charge in [-0.05, 0) is 12.1 Å². The summed E-state index contributed by atoms with van der Waals surface area (Å²) in [6.07, 6.45) is 1.15. The zero-order chi connectivity index (χ0) is 9.68. The van der Waals surface area contributed by atoms with Crippen molar-refractivity contribution >= 4 is 17.7 Å². The molecule has 0 aliphatic rings. The number of hydrogen-bond acceptors (Lipinski definition) is 4. The second-order valence-electron chi connectivity index (χ2n) is 2.50. The van der Waals surface area contributed by atoms with Crippen LogP contribution in [0.4, 0.5) is 5.69 Å². The Labute approximate surface area is 75.9 Å². The molecule has 0 amide bonds. The standard InChI is InChI=1S/C9H10N2O2/c1-7(12)6-10-11-8-4-2-3-5-9(8)13/h2-6,11,13H,1H3/b10-6+. The fourth-order valence-electron chi connectivity index (χ4n) is 0.761. The van der Waals surface area contributed by atoms with Crippen LogP contribution < -0.4 is 5.43 Å². The Morgan fingerprint density at radius 2 is 2.23 bits per heavy atom. The van der Waals surface area contributed by atoms with Gasteiger partial charge in [0.05, 0.1) is 11.9 Å². The van der Waals surface area contributed by atoms with Crippen molar-refractivity contribution in [3.63, 3.8) is 0 Å². The fraction of sp³-hybridized carbons (Fsp3) is 0.111. The van der Waals surface area contributed by atoms with E-state index in [0.29, 0.717) is 5.69 Å². The monoisotopic (exact) mass is 178 g/mol. The van der Waals surface area contributed by atoms with Crippen LogP contribution in [0.3, 0.4) is 0 Å². The Bertz CT molecular complexity index is 334. The van der Waals surface area contributed by atoms with Gasteiger partial charge in [0, 0.05) is 6.92 Å². The van der Waals surface area contributed by atoms with Crippen molar-refractivity contribution in [1.29, 1.82) is 0 Å². The molecule has 68 valence electrons. The number of hydrazone groups is 1. The number of phenolic OH excluding ortho intramolecular Hbond substituents is 1. The minimum atomic E-state index is -0.150.